The summed E-state index contributed by atoms with van der Waals surface area (Å²) in [4.78, 5) is 35.8. The van der Waals surface area contributed by atoms with E-state index in [2.05, 4.69) is 11.7 Å². The van der Waals surface area contributed by atoms with Crippen molar-refractivity contribution < 1.29 is 33.7 Å². The van der Waals surface area contributed by atoms with Gasteiger partial charge >= 0.3 is 5.97 Å². The van der Waals surface area contributed by atoms with Gasteiger partial charge in [0.05, 0.1) is 6.10 Å². The Kier molecular flexibility index (Phi) is 5.05. The van der Waals surface area contributed by atoms with Gasteiger partial charge in [-0.2, -0.15) is 0 Å². The van der Waals surface area contributed by atoms with Crippen LogP contribution in [0.15, 0.2) is 23.8 Å². The summed E-state index contributed by atoms with van der Waals surface area (Å²) in [5.41, 5.74) is -1.96. The molecular weight excluding hydrogens is 391 g/mol. The van der Waals surface area contributed by atoms with Crippen molar-refractivity contribution in [3.63, 3.8) is 0 Å². The van der Waals surface area contributed by atoms with E-state index in [1.165, 1.54) is 0 Å². The van der Waals surface area contributed by atoms with E-state index in [0.717, 1.165) is 18.4 Å². The van der Waals surface area contributed by atoms with Gasteiger partial charge in [0, 0.05) is 16.7 Å². The first kappa shape index (κ1) is 21.4. The van der Waals surface area contributed by atoms with Gasteiger partial charge in [0.25, 0.3) is 0 Å². The smallest absolute Gasteiger partial charge is 0.337 e. The highest BCUT2D eigenvalue weighted by Crippen LogP contribution is 2.67. The second kappa shape index (κ2) is 7.09. The molecule has 0 bridgehead atoms. The summed E-state index contributed by atoms with van der Waals surface area (Å²) in [6, 6.07) is 0. The van der Waals surface area contributed by atoms with Crippen molar-refractivity contribution in [3.05, 3.63) is 23.8 Å². The van der Waals surface area contributed by atoms with Crippen LogP contribution in [0.3, 0.4) is 0 Å². The molecule has 7 atom stereocenters. The predicted octanol–water partition coefficient (Wildman–Crippen LogP) is 2.08. The molecule has 7 heteroatoms. The number of aliphatic hydroxyl groups is 2. The number of aliphatic hydroxyl groups excluding tert-OH is 1. The Hall–Kier alpha value is -1.86. The minimum Gasteiger partial charge on any atom is -0.456 e. The maximum atomic E-state index is 12.9. The molecule has 3 fully saturated rings. The van der Waals surface area contributed by atoms with Crippen LogP contribution in [0, 0.1) is 28.6 Å². The van der Waals surface area contributed by atoms with E-state index in [4.69, 9.17) is 0 Å². The number of alkyl halides is 1. The van der Waals surface area contributed by atoms with Gasteiger partial charge in [-0.25, -0.2) is 9.18 Å². The lowest BCUT2D eigenvalue weighted by Crippen LogP contribution is -2.61. The number of hydrogen-bond acceptors (Lipinski definition) is 6. The van der Waals surface area contributed by atoms with Gasteiger partial charge < -0.3 is 14.9 Å². The fourth-order valence-electron chi connectivity index (χ4n) is 7.09. The third-order valence-electron chi connectivity index (χ3n) is 8.58. The van der Waals surface area contributed by atoms with Gasteiger partial charge in [-0.1, -0.05) is 25.5 Å². The van der Waals surface area contributed by atoms with E-state index in [0.29, 0.717) is 6.42 Å². The summed E-state index contributed by atoms with van der Waals surface area (Å²) in [5.74, 6) is -1.78. The Balaban J connectivity index is 1.63. The van der Waals surface area contributed by atoms with Crippen molar-refractivity contribution >= 4 is 17.5 Å². The van der Waals surface area contributed by atoms with E-state index >= 15 is 0 Å². The van der Waals surface area contributed by atoms with Crippen LogP contribution >= 0.6 is 0 Å². The van der Waals surface area contributed by atoms with E-state index in [1.54, 1.807) is 12.2 Å². The number of allylic oxidation sites excluding steroid dienone is 4. The molecule has 4 rings (SSSR count). The van der Waals surface area contributed by atoms with Crippen molar-refractivity contribution in [3.8, 4) is 0 Å². The molecule has 4 aliphatic rings. The summed E-state index contributed by atoms with van der Waals surface area (Å²) in [5, 5.41) is 22.7. The molecule has 0 heterocycles. The van der Waals surface area contributed by atoms with E-state index in [-0.39, 0.29) is 36.4 Å². The highest BCUT2D eigenvalue weighted by molar-refractivity contribution is 6.01. The molecule has 1 unspecified atom stereocenters. The Morgan fingerprint density at radius 2 is 2.03 bits per heavy atom. The molecule has 6 nitrogen and oxygen atoms in total. The summed E-state index contributed by atoms with van der Waals surface area (Å²) in [7, 11) is 0. The average Bonchev–Trinajstić information content (AvgIpc) is 2.97. The van der Waals surface area contributed by atoms with Gasteiger partial charge in [-0.05, 0) is 56.1 Å². The second-order valence-corrected chi connectivity index (χ2v) is 9.83. The molecule has 30 heavy (non-hydrogen) atoms. The largest absolute Gasteiger partial charge is 0.456 e. The number of hydrogen-bond donors (Lipinski definition) is 2. The predicted molar refractivity (Wildman–Crippen MR) is 105 cm³/mol. The van der Waals surface area contributed by atoms with Crippen molar-refractivity contribution in [2.24, 2.45) is 28.6 Å². The molecule has 0 aromatic carbocycles. The number of ether oxygens (including phenoxy) is 1. The number of rotatable bonds is 4. The molecule has 0 aliphatic heterocycles. The molecule has 2 N–H and O–H groups in total. The topological polar surface area (TPSA) is 101 Å². The minimum atomic E-state index is -1.73. The summed E-state index contributed by atoms with van der Waals surface area (Å²) >= 11 is 0. The molecule has 4 aliphatic carbocycles. The fraction of sp³-hybridized carbons (Fsp3) is 0.696. The molecule has 0 saturated heterocycles. The van der Waals surface area contributed by atoms with Gasteiger partial charge in [-0.15, -0.1) is 0 Å². The van der Waals surface area contributed by atoms with E-state index in [9.17, 15) is 29.0 Å². The Bertz CT molecular complexity index is 849. The standard InChI is InChI=1S/C23H29FO6/c1-21-7-5-14(25)9-13(21)3-4-15-16-6-8-23(29,18(27)12-30-19(28)11-24)22(16,2)10-17(26)20(15)21/h5,7,9,15-17,20,26,29H,3-4,6,8,10-12H2,1-2H3/t15-,16-,17?,20+,21-,22-,23-/m0/s1. The first-order valence-corrected chi connectivity index (χ1v) is 10.7. The molecule has 164 valence electrons. The van der Waals surface area contributed by atoms with Gasteiger partial charge in [0.1, 0.15) is 5.60 Å². The monoisotopic (exact) mass is 420 g/mol. The highest BCUT2D eigenvalue weighted by Gasteiger charge is 2.68. The van der Waals surface area contributed by atoms with Crippen molar-refractivity contribution in [2.75, 3.05) is 13.3 Å². The van der Waals surface area contributed by atoms with E-state index in [1.807, 2.05) is 13.0 Å². The Morgan fingerprint density at radius 3 is 2.73 bits per heavy atom. The van der Waals surface area contributed by atoms with Gasteiger partial charge in [0.2, 0.25) is 5.78 Å². The first-order chi connectivity index (χ1) is 14.1. The Morgan fingerprint density at radius 1 is 1.30 bits per heavy atom. The van der Waals surface area contributed by atoms with Crippen molar-refractivity contribution in [1.29, 1.82) is 0 Å². The maximum absolute atomic E-state index is 12.9. The quantitative estimate of drug-likeness (QED) is 0.676. The molecule has 0 spiro atoms. The zero-order valence-electron chi connectivity index (χ0n) is 17.4. The minimum absolute atomic E-state index is 0.0149. The van der Waals surface area contributed by atoms with Crippen molar-refractivity contribution in [1.82, 2.24) is 0 Å². The van der Waals surface area contributed by atoms with E-state index < -0.39 is 47.6 Å². The maximum Gasteiger partial charge on any atom is 0.337 e. The highest BCUT2D eigenvalue weighted by atomic mass is 19.1. The van der Waals surface area contributed by atoms with Crippen LogP contribution in [-0.4, -0.2) is 52.7 Å². The van der Waals surface area contributed by atoms with Crippen LogP contribution in [0.5, 0.6) is 0 Å². The third kappa shape index (κ3) is 2.85. The van der Waals surface area contributed by atoms with Crippen LogP contribution in [0.2, 0.25) is 0 Å². The SMILES string of the molecule is C[C@]12C=CC(=O)C=C1CC[C@@H]1[C@@H]2C(O)C[C@@]2(C)[C@H]1CC[C@]2(O)C(=O)COC(=O)CF. The molecule has 3 saturated carbocycles. The zero-order chi connectivity index (χ0) is 21.9. The lowest BCUT2D eigenvalue weighted by Gasteiger charge is -2.59. The number of carbonyl (C=O) groups is 3. The molecule has 0 radical (unpaired) electrons. The van der Waals surface area contributed by atoms with Gasteiger partial charge in [0.15, 0.2) is 19.1 Å². The lowest BCUT2D eigenvalue weighted by molar-refractivity contribution is -0.181. The number of esters is 1. The molecule has 0 aromatic rings. The van der Waals surface area contributed by atoms with Crippen LogP contribution < -0.4 is 0 Å². The molecule has 0 aromatic heterocycles. The number of ketones is 2. The number of carbonyl (C=O) groups excluding carboxylic acids is 3. The first-order valence-electron chi connectivity index (χ1n) is 10.7. The lowest BCUT2D eigenvalue weighted by atomic mass is 9.46. The number of halogens is 1. The zero-order valence-corrected chi connectivity index (χ0v) is 17.4. The summed E-state index contributed by atoms with van der Waals surface area (Å²) < 4.78 is 17.0. The molecular formula is C23H29FO6. The Labute approximate surface area is 175 Å². The average molecular weight is 420 g/mol. The fourth-order valence-corrected chi connectivity index (χ4v) is 7.09. The number of fused-ring (bicyclic) bond motifs is 5. The van der Waals surface area contributed by atoms with Crippen LogP contribution in [0.4, 0.5) is 4.39 Å². The summed E-state index contributed by atoms with van der Waals surface area (Å²) in [6.07, 6.45) is 7.03. The third-order valence-corrected chi connectivity index (χ3v) is 8.58. The second-order valence-electron chi connectivity index (χ2n) is 9.83. The van der Waals surface area contributed by atoms with Crippen molar-refractivity contribution in [2.45, 2.75) is 57.7 Å². The number of Topliss-reactive ketones (excluding diaryl/α,β-unsaturated/α-hetero) is 1. The van der Waals surface area contributed by atoms with Crippen LogP contribution in [0.1, 0.15) is 46.0 Å². The van der Waals surface area contributed by atoms with Crippen LogP contribution in [0.25, 0.3) is 0 Å². The summed E-state index contributed by atoms with van der Waals surface area (Å²) in [6.45, 7) is 1.92. The van der Waals surface area contributed by atoms with Crippen LogP contribution in [-0.2, 0) is 19.1 Å². The van der Waals surface area contributed by atoms with Gasteiger partial charge in [-0.3, -0.25) is 9.59 Å². The normalized spacial score (nSPS) is 44.6. The molecule has 0 amide bonds.